The Labute approximate surface area is 110 Å². The number of piperidine rings is 1. The van der Waals surface area contributed by atoms with Gasteiger partial charge < -0.3 is 15.7 Å². The van der Waals surface area contributed by atoms with Gasteiger partial charge in [0, 0.05) is 6.54 Å². The molecular formula is C14H26N2O2. The van der Waals surface area contributed by atoms with Gasteiger partial charge in [0.2, 0.25) is 5.91 Å². The highest BCUT2D eigenvalue weighted by Gasteiger charge is 2.33. The van der Waals surface area contributed by atoms with Gasteiger partial charge in [-0.05, 0) is 38.1 Å². The summed E-state index contributed by atoms with van der Waals surface area (Å²) in [6.07, 6.45) is 7.08. The zero-order valence-corrected chi connectivity index (χ0v) is 11.4. The van der Waals surface area contributed by atoms with Gasteiger partial charge in [0.05, 0.1) is 11.6 Å². The van der Waals surface area contributed by atoms with Crippen LogP contribution in [0, 0.1) is 5.92 Å². The largest absolute Gasteiger partial charge is 0.388 e. The molecule has 2 rings (SSSR count). The van der Waals surface area contributed by atoms with Crippen molar-refractivity contribution in [1.82, 2.24) is 10.6 Å². The first kappa shape index (κ1) is 13.8. The lowest BCUT2D eigenvalue weighted by Gasteiger charge is -2.36. The monoisotopic (exact) mass is 254 g/mol. The number of amides is 1. The van der Waals surface area contributed by atoms with Crippen LogP contribution in [-0.4, -0.2) is 35.7 Å². The topological polar surface area (TPSA) is 61.4 Å². The quantitative estimate of drug-likeness (QED) is 0.709. The van der Waals surface area contributed by atoms with Crippen LogP contribution in [0.25, 0.3) is 0 Å². The van der Waals surface area contributed by atoms with Gasteiger partial charge in [0.25, 0.3) is 0 Å². The average Bonchev–Trinajstić information content (AvgIpc) is 2.37. The van der Waals surface area contributed by atoms with Crippen molar-refractivity contribution >= 4 is 5.91 Å². The van der Waals surface area contributed by atoms with Crippen molar-refractivity contribution in [2.24, 2.45) is 5.92 Å². The number of hydrogen-bond donors (Lipinski definition) is 3. The maximum atomic E-state index is 12.0. The molecule has 1 saturated heterocycles. The number of nitrogens with one attached hydrogen (secondary N) is 2. The highest BCUT2D eigenvalue weighted by atomic mass is 16.3. The first-order chi connectivity index (χ1) is 8.59. The van der Waals surface area contributed by atoms with E-state index < -0.39 is 5.60 Å². The van der Waals surface area contributed by atoms with E-state index in [9.17, 15) is 9.90 Å². The fourth-order valence-corrected chi connectivity index (χ4v) is 3.24. The van der Waals surface area contributed by atoms with Gasteiger partial charge in [-0.1, -0.05) is 26.2 Å². The zero-order valence-electron chi connectivity index (χ0n) is 11.4. The predicted octanol–water partition coefficient (Wildman–Crippen LogP) is 1.19. The third-order valence-corrected chi connectivity index (χ3v) is 4.29. The summed E-state index contributed by atoms with van der Waals surface area (Å²) < 4.78 is 0. The summed E-state index contributed by atoms with van der Waals surface area (Å²) in [4.78, 5) is 12.0. The Bertz CT molecular complexity index is 290. The molecule has 2 aliphatic rings. The molecule has 4 nitrogen and oxygen atoms in total. The molecule has 1 heterocycles. The molecule has 104 valence electrons. The average molecular weight is 254 g/mol. The fourth-order valence-electron chi connectivity index (χ4n) is 3.24. The summed E-state index contributed by atoms with van der Waals surface area (Å²) in [6, 6.07) is -0.0524. The highest BCUT2D eigenvalue weighted by molar-refractivity contribution is 5.81. The van der Waals surface area contributed by atoms with Gasteiger partial charge in [0.1, 0.15) is 0 Å². The minimum atomic E-state index is -0.679. The van der Waals surface area contributed by atoms with Crippen LogP contribution in [0.4, 0.5) is 0 Å². The van der Waals surface area contributed by atoms with Crippen molar-refractivity contribution in [1.29, 1.82) is 0 Å². The van der Waals surface area contributed by atoms with Crippen LogP contribution in [0.15, 0.2) is 0 Å². The van der Waals surface area contributed by atoms with Gasteiger partial charge in [-0.25, -0.2) is 0 Å². The van der Waals surface area contributed by atoms with E-state index in [0.29, 0.717) is 12.5 Å². The molecule has 1 aliphatic carbocycles. The summed E-state index contributed by atoms with van der Waals surface area (Å²) >= 11 is 0. The molecule has 0 aromatic carbocycles. The van der Waals surface area contributed by atoms with E-state index in [-0.39, 0.29) is 11.9 Å². The lowest BCUT2D eigenvalue weighted by Crippen LogP contribution is -2.52. The van der Waals surface area contributed by atoms with Gasteiger partial charge in [0.15, 0.2) is 0 Å². The van der Waals surface area contributed by atoms with Crippen LogP contribution in [0.3, 0.4) is 0 Å². The van der Waals surface area contributed by atoms with Crippen molar-refractivity contribution in [3.8, 4) is 0 Å². The third-order valence-electron chi connectivity index (χ3n) is 4.29. The van der Waals surface area contributed by atoms with E-state index in [1.807, 2.05) is 0 Å². The molecule has 0 aromatic heterocycles. The fraction of sp³-hybridized carbons (Fsp3) is 0.929. The normalized spacial score (nSPS) is 37.2. The Hall–Kier alpha value is -0.610. The van der Waals surface area contributed by atoms with Crippen LogP contribution in [-0.2, 0) is 4.79 Å². The minimum Gasteiger partial charge on any atom is -0.388 e. The van der Waals surface area contributed by atoms with Crippen LogP contribution < -0.4 is 10.6 Å². The molecule has 4 heteroatoms. The predicted molar refractivity (Wildman–Crippen MR) is 71.2 cm³/mol. The number of carbonyl (C=O) groups excluding carboxylic acids is 1. The molecule has 1 aliphatic heterocycles. The molecule has 0 aromatic rings. The van der Waals surface area contributed by atoms with Crippen LogP contribution in [0.2, 0.25) is 0 Å². The Balaban J connectivity index is 1.77. The molecule has 2 fully saturated rings. The molecule has 3 atom stereocenters. The zero-order chi connectivity index (χ0) is 13.0. The molecule has 0 radical (unpaired) electrons. The molecule has 1 amide bonds. The lowest BCUT2D eigenvalue weighted by atomic mass is 9.79. The smallest absolute Gasteiger partial charge is 0.237 e. The Morgan fingerprint density at radius 2 is 2.22 bits per heavy atom. The molecule has 1 saturated carbocycles. The Morgan fingerprint density at radius 1 is 1.39 bits per heavy atom. The highest BCUT2D eigenvalue weighted by Crippen LogP contribution is 2.31. The molecular weight excluding hydrogens is 228 g/mol. The molecule has 0 bridgehead atoms. The van der Waals surface area contributed by atoms with E-state index in [1.54, 1.807) is 0 Å². The molecule has 0 spiro atoms. The van der Waals surface area contributed by atoms with Gasteiger partial charge in [-0.3, -0.25) is 4.79 Å². The van der Waals surface area contributed by atoms with Gasteiger partial charge >= 0.3 is 0 Å². The third kappa shape index (κ3) is 3.69. The Morgan fingerprint density at radius 3 is 2.89 bits per heavy atom. The first-order valence-electron chi connectivity index (χ1n) is 7.32. The summed E-state index contributed by atoms with van der Waals surface area (Å²) in [7, 11) is 0. The van der Waals surface area contributed by atoms with E-state index in [1.165, 1.54) is 6.42 Å². The van der Waals surface area contributed by atoms with Gasteiger partial charge in [-0.15, -0.1) is 0 Å². The van der Waals surface area contributed by atoms with Crippen molar-refractivity contribution < 1.29 is 9.90 Å². The van der Waals surface area contributed by atoms with Crippen molar-refractivity contribution in [3.63, 3.8) is 0 Å². The van der Waals surface area contributed by atoms with Crippen LogP contribution in [0.1, 0.15) is 51.9 Å². The van der Waals surface area contributed by atoms with Crippen LogP contribution in [0.5, 0.6) is 0 Å². The van der Waals surface area contributed by atoms with Gasteiger partial charge in [-0.2, -0.15) is 0 Å². The summed E-state index contributed by atoms with van der Waals surface area (Å²) in [5.74, 6) is 0.620. The lowest BCUT2D eigenvalue weighted by molar-refractivity contribution is -0.125. The SMILES string of the molecule is CC1CCCC(O)(CNC(=O)[C@@H]2CCCCN2)C1. The molecule has 2 unspecified atom stereocenters. The standard InChI is InChI=1S/C14H26N2O2/c1-11-5-4-7-14(18,9-11)10-16-13(17)12-6-2-3-8-15-12/h11-12,15,18H,2-10H2,1H3,(H,16,17)/t11?,12-,14?/m0/s1. The van der Waals surface area contributed by atoms with Crippen molar-refractivity contribution in [2.75, 3.05) is 13.1 Å². The van der Waals surface area contributed by atoms with Crippen molar-refractivity contribution in [3.05, 3.63) is 0 Å². The second-order valence-electron chi connectivity index (χ2n) is 6.15. The minimum absolute atomic E-state index is 0.0524. The van der Waals surface area contributed by atoms with E-state index in [2.05, 4.69) is 17.6 Å². The van der Waals surface area contributed by atoms with Crippen LogP contribution >= 0.6 is 0 Å². The maximum absolute atomic E-state index is 12.0. The second-order valence-corrected chi connectivity index (χ2v) is 6.15. The second kappa shape index (κ2) is 6.02. The molecule has 18 heavy (non-hydrogen) atoms. The number of carbonyl (C=O) groups is 1. The van der Waals surface area contributed by atoms with E-state index in [0.717, 1.165) is 45.1 Å². The Kier molecular flexibility index (Phi) is 4.62. The summed E-state index contributed by atoms with van der Waals surface area (Å²) in [5, 5.41) is 16.6. The first-order valence-corrected chi connectivity index (χ1v) is 7.32. The number of hydrogen-bond acceptors (Lipinski definition) is 3. The summed E-state index contributed by atoms with van der Waals surface area (Å²) in [6.45, 7) is 3.52. The number of aliphatic hydroxyl groups is 1. The summed E-state index contributed by atoms with van der Waals surface area (Å²) in [5.41, 5.74) is -0.679. The van der Waals surface area contributed by atoms with E-state index in [4.69, 9.17) is 0 Å². The maximum Gasteiger partial charge on any atom is 0.237 e. The molecule has 3 N–H and O–H groups in total. The number of rotatable bonds is 3. The van der Waals surface area contributed by atoms with E-state index >= 15 is 0 Å². The van der Waals surface area contributed by atoms with Crippen molar-refractivity contribution in [2.45, 2.75) is 63.5 Å².